The molecule has 2 saturated heterocycles. The number of imidazole rings is 1. The number of hydrogen-bond acceptors (Lipinski definition) is 5. The van der Waals surface area contributed by atoms with Crippen LogP contribution in [0.4, 0.5) is 10.5 Å². The van der Waals surface area contributed by atoms with Gasteiger partial charge < -0.3 is 15.0 Å². The minimum Gasteiger partial charge on any atom is -0.383 e. The summed E-state index contributed by atoms with van der Waals surface area (Å²) in [6.07, 6.45) is 2.82. The van der Waals surface area contributed by atoms with Gasteiger partial charge in [-0.25, -0.2) is 9.59 Å². The molecule has 186 valence electrons. The number of nitrogens with zero attached hydrogens (tertiary/aromatic N) is 5. The zero-order valence-electron chi connectivity index (χ0n) is 20.8. The fraction of sp³-hybridized carbons (Fsp3) is 0.370. The molecule has 4 aromatic rings. The number of rotatable bonds is 5. The Morgan fingerprint density at radius 2 is 1.86 bits per heavy atom. The number of pyridine rings is 1. The Kier molecular flexibility index (Phi) is 5.54. The van der Waals surface area contributed by atoms with E-state index in [1.165, 1.54) is 0 Å². The maximum absolute atomic E-state index is 12.9. The van der Waals surface area contributed by atoms with Crippen LogP contribution in [0.15, 0.2) is 53.5 Å². The summed E-state index contributed by atoms with van der Waals surface area (Å²) in [5.41, 5.74) is 5.22. The molecule has 0 radical (unpaired) electrons. The van der Waals surface area contributed by atoms with E-state index < -0.39 is 0 Å². The van der Waals surface area contributed by atoms with Gasteiger partial charge in [-0.2, -0.15) is 0 Å². The Morgan fingerprint density at radius 1 is 1.08 bits per heavy atom. The number of urea groups is 1. The van der Waals surface area contributed by atoms with Crippen LogP contribution in [-0.4, -0.2) is 75.9 Å². The van der Waals surface area contributed by atoms with Crippen LogP contribution >= 0.6 is 0 Å². The average Bonchev–Trinajstić information content (AvgIpc) is 3.54. The molecular weight excluding hydrogens is 456 g/mol. The van der Waals surface area contributed by atoms with Crippen molar-refractivity contribution < 1.29 is 9.53 Å². The number of aryl methyl sites for hydroxylation is 1. The molecule has 2 aromatic heterocycles. The molecule has 9 heteroatoms. The van der Waals surface area contributed by atoms with Gasteiger partial charge in [0.25, 0.3) is 0 Å². The number of fused-ring (bicyclic) bond motifs is 5. The predicted octanol–water partition coefficient (Wildman–Crippen LogP) is 3.12. The van der Waals surface area contributed by atoms with Gasteiger partial charge in [-0.15, -0.1) is 0 Å². The Labute approximate surface area is 208 Å². The van der Waals surface area contributed by atoms with Gasteiger partial charge in [0.15, 0.2) is 0 Å². The summed E-state index contributed by atoms with van der Waals surface area (Å²) in [6.45, 7) is 2.66. The Balaban J connectivity index is 1.29. The van der Waals surface area contributed by atoms with Crippen molar-refractivity contribution in [3.05, 3.63) is 59.1 Å². The number of carbonyl (C=O) groups is 1. The number of nitrogens with one attached hydrogen (secondary N) is 1. The molecule has 0 unspecified atom stereocenters. The average molecular weight is 487 g/mol. The largest absolute Gasteiger partial charge is 0.383 e. The van der Waals surface area contributed by atoms with Gasteiger partial charge in [0.1, 0.15) is 0 Å². The smallest absolute Gasteiger partial charge is 0.328 e. The lowest BCUT2D eigenvalue weighted by Crippen LogP contribution is -2.48. The van der Waals surface area contributed by atoms with Gasteiger partial charge in [0.05, 0.1) is 35.9 Å². The monoisotopic (exact) mass is 486 g/mol. The van der Waals surface area contributed by atoms with E-state index in [0.717, 1.165) is 58.3 Å². The second-order valence-corrected chi connectivity index (χ2v) is 9.85. The van der Waals surface area contributed by atoms with Crippen molar-refractivity contribution in [1.29, 1.82) is 0 Å². The van der Waals surface area contributed by atoms with Gasteiger partial charge in [0.2, 0.25) is 0 Å². The summed E-state index contributed by atoms with van der Waals surface area (Å²) in [5, 5.41) is 3.98. The number of carbonyl (C=O) groups excluding carboxylic acids is 1. The van der Waals surface area contributed by atoms with Crippen LogP contribution in [0, 0.1) is 0 Å². The van der Waals surface area contributed by atoms with Crippen molar-refractivity contribution in [1.82, 2.24) is 23.9 Å². The van der Waals surface area contributed by atoms with E-state index in [-0.39, 0.29) is 11.7 Å². The highest BCUT2D eigenvalue weighted by Crippen LogP contribution is 2.31. The molecule has 1 N–H and O–H groups in total. The van der Waals surface area contributed by atoms with Crippen molar-refractivity contribution in [2.24, 2.45) is 7.05 Å². The van der Waals surface area contributed by atoms with Crippen LogP contribution in [0.3, 0.4) is 0 Å². The lowest BCUT2D eigenvalue weighted by Gasteiger charge is -2.31. The molecule has 0 aliphatic carbocycles. The van der Waals surface area contributed by atoms with E-state index >= 15 is 0 Å². The normalized spacial score (nSPS) is 19.6. The molecule has 2 bridgehead atoms. The molecule has 2 aliphatic rings. The Bertz CT molecular complexity index is 1520. The Hall–Kier alpha value is -3.69. The van der Waals surface area contributed by atoms with Crippen molar-refractivity contribution in [3.63, 3.8) is 0 Å². The molecule has 2 aliphatic heterocycles. The van der Waals surface area contributed by atoms with Gasteiger partial charge >= 0.3 is 11.7 Å². The fourth-order valence-electron chi connectivity index (χ4n) is 5.70. The fourth-order valence-corrected chi connectivity index (χ4v) is 5.70. The van der Waals surface area contributed by atoms with Crippen molar-refractivity contribution in [2.45, 2.75) is 25.0 Å². The summed E-state index contributed by atoms with van der Waals surface area (Å²) < 4.78 is 8.62. The molecule has 4 heterocycles. The number of ether oxygens (including phenoxy) is 1. The third kappa shape index (κ3) is 3.66. The number of amides is 2. The van der Waals surface area contributed by atoms with Crippen LogP contribution in [-0.2, 0) is 18.3 Å². The van der Waals surface area contributed by atoms with E-state index in [1.807, 2.05) is 41.3 Å². The molecule has 2 atom stereocenters. The minimum absolute atomic E-state index is 0.0272. The summed E-state index contributed by atoms with van der Waals surface area (Å²) in [6, 6.07) is 14.8. The number of piperazine rings is 1. The summed E-state index contributed by atoms with van der Waals surface area (Å²) in [5.74, 6) is 0. The van der Waals surface area contributed by atoms with Crippen molar-refractivity contribution in [2.75, 3.05) is 39.2 Å². The summed E-state index contributed by atoms with van der Waals surface area (Å²) >= 11 is 0. The van der Waals surface area contributed by atoms with Gasteiger partial charge in [-0.1, -0.05) is 18.2 Å². The highest BCUT2D eigenvalue weighted by molar-refractivity contribution is 6.04. The second kappa shape index (κ2) is 8.76. The van der Waals surface area contributed by atoms with Crippen LogP contribution in [0.5, 0.6) is 0 Å². The van der Waals surface area contributed by atoms with E-state index in [4.69, 9.17) is 4.74 Å². The summed E-state index contributed by atoms with van der Waals surface area (Å²) in [7, 11) is 5.53. The van der Waals surface area contributed by atoms with E-state index in [0.29, 0.717) is 25.2 Å². The lowest BCUT2D eigenvalue weighted by molar-refractivity contribution is 0.161. The van der Waals surface area contributed by atoms with Gasteiger partial charge in [-0.3, -0.25) is 19.0 Å². The quantitative estimate of drug-likeness (QED) is 0.469. The molecule has 2 fully saturated rings. The molecule has 9 nitrogen and oxygen atoms in total. The van der Waals surface area contributed by atoms with E-state index in [1.54, 1.807) is 29.5 Å². The number of likely N-dealkylation sites (N-methyl/N-ethyl adjacent to an activating group) is 1. The first kappa shape index (κ1) is 22.8. The number of anilines is 1. The van der Waals surface area contributed by atoms with E-state index in [9.17, 15) is 9.59 Å². The molecule has 0 spiro atoms. The van der Waals surface area contributed by atoms with Crippen LogP contribution in [0.2, 0.25) is 0 Å². The zero-order chi connectivity index (χ0) is 25.0. The number of hydrogen-bond donors (Lipinski definition) is 1. The summed E-state index contributed by atoms with van der Waals surface area (Å²) in [4.78, 5) is 34.6. The minimum atomic E-state index is -0.0836. The molecule has 2 aromatic carbocycles. The van der Waals surface area contributed by atoms with Gasteiger partial charge in [-0.05, 0) is 48.9 Å². The molecule has 0 saturated carbocycles. The van der Waals surface area contributed by atoms with Crippen LogP contribution in [0.25, 0.3) is 33.1 Å². The number of benzene rings is 2. The maximum Gasteiger partial charge on any atom is 0.328 e. The first-order valence-corrected chi connectivity index (χ1v) is 12.3. The molecule has 36 heavy (non-hydrogen) atoms. The first-order chi connectivity index (χ1) is 17.4. The highest BCUT2D eigenvalue weighted by Gasteiger charge is 2.43. The Morgan fingerprint density at radius 3 is 2.56 bits per heavy atom. The number of aromatic nitrogens is 3. The van der Waals surface area contributed by atoms with Crippen molar-refractivity contribution in [3.8, 4) is 11.1 Å². The number of methoxy groups -OCH3 is 1. The molecule has 6 rings (SSSR count). The molecular formula is C27H30N6O3. The van der Waals surface area contributed by atoms with Crippen molar-refractivity contribution >= 4 is 33.7 Å². The number of likely N-dealkylation sites (tertiary alicyclic amines) is 2. The van der Waals surface area contributed by atoms with Gasteiger partial charge in [0, 0.05) is 50.4 Å². The topological polar surface area (TPSA) is 84.6 Å². The highest BCUT2D eigenvalue weighted by atomic mass is 16.5. The predicted molar refractivity (Wildman–Crippen MR) is 140 cm³/mol. The van der Waals surface area contributed by atoms with E-state index in [2.05, 4.69) is 28.3 Å². The lowest BCUT2D eigenvalue weighted by atomic mass is 10.0. The second-order valence-electron chi connectivity index (χ2n) is 9.85. The molecule has 2 amide bonds. The third-order valence-corrected chi connectivity index (χ3v) is 7.73. The maximum atomic E-state index is 12.9. The van der Waals surface area contributed by atoms with Crippen LogP contribution < -0.4 is 11.0 Å². The standard InChI is InChI=1S/C27H30N6O3/c1-30-15-21-13-20(30)16-33(21)26(34)29-19-7-4-17(5-8-19)18-6-9-23-22(12-18)25-24(14-28-23)31(2)27(35)32(25)10-11-36-3/h4-9,12,14,20-21H,10-11,13,15-16H2,1-3H3,(H,29,34)/t20-,21-/m0/s1. The third-order valence-electron chi connectivity index (χ3n) is 7.73. The zero-order valence-corrected chi connectivity index (χ0v) is 20.8. The van der Waals surface area contributed by atoms with Crippen LogP contribution in [0.1, 0.15) is 6.42 Å². The SMILES string of the molecule is COCCn1c(=O)n(C)c2cnc3ccc(-c4ccc(NC(=O)N5C[C@@H]6C[C@H]5CN6C)cc4)cc3c21. The first-order valence-electron chi connectivity index (χ1n) is 12.3.